The highest BCUT2D eigenvalue weighted by atomic mass is 35.5. The lowest BCUT2D eigenvalue weighted by atomic mass is 10.2. The monoisotopic (exact) mass is 319 g/mol. The van der Waals surface area contributed by atoms with Gasteiger partial charge in [0.25, 0.3) is 0 Å². The van der Waals surface area contributed by atoms with Crippen LogP contribution in [-0.4, -0.2) is 5.91 Å². The van der Waals surface area contributed by atoms with Gasteiger partial charge in [-0.1, -0.05) is 11.6 Å². The molecule has 0 aliphatic carbocycles. The van der Waals surface area contributed by atoms with E-state index in [1.807, 2.05) is 10.8 Å². The summed E-state index contributed by atoms with van der Waals surface area (Å²) >= 11 is 6.95. The Bertz CT molecular complexity index is 611. The van der Waals surface area contributed by atoms with Crippen LogP contribution in [0.2, 0.25) is 5.02 Å². The van der Waals surface area contributed by atoms with Crippen molar-refractivity contribution in [1.82, 2.24) is 0 Å². The smallest absolute Gasteiger partial charge is 0.326 e. The van der Waals surface area contributed by atoms with E-state index in [1.165, 1.54) is 17.4 Å². The first-order valence-corrected chi connectivity index (χ1v) is 6.86. The van der Waals surface area contributed by atoms with E-state index < -0.39 is 16.8 Å². The average molecular weight is 320 g/mol. The van der Waals surface area contributed by atoms with Crippen molar-refractivity contribution in [3.8, 4) is 0 Å². The minimum absolute atomic E-state index is 0.0713. The quantitative estimate of drug-likeness (QED) is 0.880. The van der Waals surface area contributed by atoms with E-state index in [0.717, 1.165) is 17.7 Å². The Labute approximate surface area is 122 Å². The van der Waals surface area contributed by atoms with Crippen molar-refractivity contribution in [1.29, 1.82) is 0 Å². The van der Waals surface area contributed by atoms with Gasteiger partial charge in [0.15, 0.2) is 0 Å². The lowest BCUT2D eigenvalue weighted by Gasteiger charge is -2.11. The predicted molar refractivity (Wildman–Crippen MR) is 73.1 cm³/mol. The van der Waals surface area contributed by atoms with Crippen molar-refractivity contribution in [2.45, 2.75) is 12.6 Å². The van der Waals surface area contributed by atoms with E-state index in [9.17, 15) is 18.0 Å². The number of rotatable bonds is 3. The van der Waals surface area contributed by atoms with E-state index in [2.05, 4.69) is 5.32 Å². The average Bonchev–Trinajstić information content (AvgIpc) is 2.83. The maximum Gasteiger partial charge on any atom is 0.417 e. The molecule has 1 N–H and O–H groups in total. The zero-order valence-corrected chi connectivity index (χ0v) is 11.6. The minimum atomic E-state index is -4.55. The minimum Gasteiger partial charge on any atom is -0.326 e. The van der Waals surface area contributed by atoms with Crippen LogP contribution in [0.15, 0.2) is 35.0 Å². The molecule has 1 heterocycles. The van der Waals surface area contributed by atoms with E-state index >= 15 is 0 Å². The second-order valence-corrected chi connectivity index (χ2v) is 5.24. The fourth-order valence-corrected chi connectivity index (χ4v) is 2.50. The van der Waals surface area contributed by atoms with Gasteiger partial charge in [-0.25, -0.2) is 0 Å². The maximum atomic E-state index is 12.7. The van der Waals surface area contributed by atoms with E-state index in [0.29, 0.717) is 0 Å². The SMILES string of the molecule is O=C(Cc1ccsc1)Nc1ccc(Cl)c(C(F)(F)F)c1. The summed E-state index contributed by atoms with van der Waals surface area (Å²) in [5.41, 5.74) is -0.0769. The van der Waals surface area contributed by atoms with Crippen molar-refractivity contribution in [3.63, 3.8) is 0 Å². The summed E-state index contributed by atoms with van der Waals surface area (Å²) in [6.45, 7) is 0. The molecule has 0 radical (unpaired) electrons. The number of nitrogens with one attached hydrogen (secondary N) is 1. The molecule has 0 saturated carbocycles. The van der Waals surface area contributed by atoms with Crippen molar-refractivity contribution in [2.75, 3.05) is 5.32 Å². The first kappa shape index (κ1) is 14.9. The molecule has 0 aliphatic heterocycles. The summed E-state index contributed by atoms with van der Waals surface area (Å²) in [6.07, 6.45) is -4.43. The molecule has 0 bridgehead atoms. The zero-order chi connectivity index (χ0) is 14.8. The number of amides is 1. The number of carbonyl (C=O) groups excluding carboxylic acids is 1. The second kappa shape index (κ2) is 5.85. The Balaban J connectivity index is 2.12. The molecule has 20 heavy (non-hydrogen) atoms. The van der Waals surface area contributed by atoms with Gasteiger partial charge in [0.1, 0.15) is 0 Å². The van der Waals surface area contributed by atoms with E-state index in [4.69, 9.17) is 11.6 Å². The largest absolute Gasteiger partial charge is 0.417 e. The summed E-state index contributed by atoms with van der Waals surface area (Å²) in [6, 6.07) is 5.06. The van der Waals surface area contributed by atoms with Gasteiger partial charge in [0.05, 0.1) is 17.0 Å². The van der Waals surface area contributed by atoms with Gasteiger partial charge in [-0.3, -0.25) is 4.79 Å². The third-order valence-electron chi connectivity index (χ3n) is 2.50. The predicted octanol–water partition coefficient (Wildman–Crippen LogP) is 4.60. The molecule has 0 spiro atoms. The lowest BCUT2D eigenvalue weighted by molar-refractivity contribution is -0.137. The first-order valence-electron chi connectivity index (χ1n) is 5.54. The van der Waals surface area contributed by atoms with Crippen LogP contribution in [0.1, 0.15) is 11.1 Å². The van der Waals surface area contributed by atoms with E-state index in [1.54, 1.807) is 6.07 Å². The van der Waals surface area contributed by atoms with Gasteiger partial charge in [-0.15, -0.1) is 0 Å². The Morgan fingerprint density at radius 1 is 1.30 bits per heavy atom. The third kappa shape index (κ3) is 3.74. The third-order valence-corrected chi connectivity index (χ3v) is 3.56. The van der Waals surface area contributed by atoms with Crippen LogP contribution in [0.25, 0.3) is 0 Å². The van der Waals surface area contributed by atoms with Gasteiger partial charge in [-0.2, -0.15) is 24.5 Å². The number of hydrogen-bond donors (Lipinski definition) is 1. The fraction of sp³-hybridized carbons (Fsp3) is 0.154. The van der Waals surface area contributed by atoms with Crippen LogP contribution in [0.3, 0.4) is 0 Å². The number of anilines is 1. The summed E-state index contributed by atoms with van der Waals surface area (Å²) in [5, 5.41) is 5.67. The number of hydrogen-bond acceptors (Lipinski definition) is 2. The molecule has 0 fully saturated rings. The lowest BCUT2D eigenvalue weighted by Crippen LogP contribution is -2.15. The Hall–Kier alpha value is -1.53. The number of thiophene rings is 1. The van der Waals surface area contributed by atoms with Crippen LogP contribution in [-0.2, 0) is 17.4 Å². The van der Waals surface area contributed by atoms with Crippen molar-refractivity contribution in [3.05, 3.63) is 51.2 Å². The summed E-state index contributed by atoms with van der Waals surface area (Å²) in [7, 11) is 0. The van der Waals surface area contributed by atoms with Crippen LogP contribution in [0, 0.1) is 0 Å². The second-order valence-electron chi connectivity index (χ2n) is 4.05. The molecule has 2 aromatic rings. The van der Waals surface area contributed by atoms with Crippen LogP contribution in [0.5, 0.6) is 0 Å². The highest BCUT2D eigenvalue weighted by molar-refractivity contribution is 7.08. The maximum absolute atomic E-state index is 12.7. The van der Waals surface area contributed by atoms with Gasteiger partial charge in [0.2, 0.25) is 5.91 Å². The van der Waals surface area contributed by atoms with E-state index in [-0.39, 0.29) is 18.0 Å². The fourth-order valence-electron chi connectivity index (χ4n) is 1.60. The van der Waals surface area contributed by atoms with Crippen molar-refractivity contribution in [2.24, 2.45) is 0 Å². The Morgan fingerprint density at radius 2 is 2.05 bits per heavy atom. The first-order chi connectivity index (χ1) is 9.36. The molecule has 1 aromatic carbocycles. The Morgan fingerprint density at radius 3 is 2.65 bits per heavy atom. The molecule has 0 saturated heterocycles. The molecular weight excluding hydrogens is 311 g/mol. The molecule has 0 atom stereocenters. The standard InChI is InChI=1S/C13H9ClF3NOS/c14-11-2-1-9(6-10(11)13(15,16)17)18-12(19)5-8-3-4-20-7-8/h1-4,6-7H,5H2,(H,18,19). The Kier molecular flexibility index (Phi) is 4.35. The van der Waals surface area contributed by atoms with Gasteiger partial charge >= 0.3 is 6.18 Å². The molecule has 7 heteroatoms. The zero-order valence-electron chi connectivity index (χ0n) is 10.00. The highest BCUT2D eigenvalue weighted by Gasteiger charge is 2.33. The topological polar surface area (TPSA) is 29.1 Å². The number of carbonyl (C=O) groups is 1. The molecule has 1 aromatic heterocycles. The number of alkyl halides is 3. The summed E-state index contributed by atoms with van der Waals surface area (Å²) in [4.78, 5) is 11.7. The van der Waals surface area contributed by atoms with Crippen molar-refractivity contribution >= 4 is 34.5 Å². The van der Waals surface area contributed by atoms with Crippen LogP contribution in [0.4, 0.5) is 18.9 Å². The van der Waals surface area contributed by atoms with Crippen LogP contribution < -0.4 is 5.32 Å². The number of halogens is 4. The summed E-state index contributed by atoms with van der Waals surface area (Å²) in [5.74, 6) is -0.376. The highest BCUT2D eigenvalue weighted by Crippen LogP contribution is 2.36. The molecule has 2 nitrogen and oxygen atoms in total. The normalized spacial score (nSPS) is 11.4. The number of benzene rings is 1. The molecule has 106 valence electrons. The van der Waals surface area contributed by atoms with Gasteiger partial charge < -0.3 is 5.32 Å². The molecule has 2 rings (SSSR count). The molecule has 1 amide bonds. The molecular formula is C13H9ClF3NOS. The summed E-state index contributed by atoms with van der Waals surface area (Å²) < 4.78 is 38.0. The van der Waals surface area contributed by atoms with Gasteiger partial charge in [-0.05, 0) is 40.6 Å². The molecule has 0 aliphatic rings. The van der Waals surface area contributed by atoms with Crippen LogP contribution >= 0.6 is 22.9 Å². The molecule has 0 unspecified atom stereocenters. The van der Waals surface area contributed by atoms with Crippen molar-refractivity contribution < 1.29 is 18.0 Å². The van der Waals surface area contributed by atoms with Gasteiger partial charge in [0, 0.05) is 5.69 Å².